The lowest BCUT2D eigenvalue weighted by Gasteiger charge is -2.21. The molecule has 1 aliphatic heterocycles. The van der Waals surface area contributed by atoms with Crippen LogP contribution in [0.3, 0.4) is 0 Å². The maximum atomic E-state index is 12.7. The summed E-state index contributed by atoms with van der Waals surface area (Å²) in [6.45, 7) is -0.0528. The van der Waals surface area contributed by atoms with E-state index in [-0.39, 0.29) is 31.2 Å². The zero-order valence-electron chi connectivity index (χ0n) is 15.2. The smallest absolute Gasteiger partial charge is 0.243 e. The Morgan fingerprint density at radius 1 is 1.00 bits per heavy atom. The predicted molar refractivity (Wildman–Crippen MR) is 109 cm³/mol. The van der Waals surface area contributed by atoms with Crippen molar-refractivity contribution in [3.8, 4) is 0 Å². The van der Waals surface area contributed by atoms with Crippen molar-refractivity contribution in [3.63, 3.8) is 0 Å². The SMILES string of the molecule is O=S(=O)(c1ccc(N2CCC(c3ccc(Cl)cc3)=N2)cc1)N(CCO)CCO. The van der Waals surface area contributed by atoms with Gasteiger partial charge in [0.05, 0.1) is 29.5 Å². The fourth-order valence-corrected chi connectivity index (χ4v) is 4.55. The Bertz CT molecular complexity index is 925. The minimum atomic E-state index is -3.78. The molecule has 3 rings (SSSR count). The fraction of sp³-hybridized carbons (Fsp3) is 0.316. The first-order valence-corrected chi connectivity index (χ1v) is 10.7. The summed E-state index contributed by atoms with van der Waals surface area (Å²) in [5.74, 6) is 0. The van der Waals surface area contributed by atoms with Gasteiger partial charge in [-0.1, -0.05) is 23.7 Å². The molecule has 2 aromatic rings. The summed E-state index contributed by atoms with van der Waals surface area (Å²) in [6, 6.07) is 14.0. The summed E-state index contributed by atoms with van der Waals surface area (Å²) in [5, 5.41) is 25.3. The van der Waals surface area contributed by atoms with Gasteiger partial charge in [0.2, 0.25) is 10.0 Å². The lowest BCUT2D eigenvalue weighted by Crippen LogP contribution is -2.35. The van der Waals surface area contributed by atoms with Crippen molar-refractivity contribution in [3.05, 3.63) is 59.1 Å². The van der Waals surface area contributed by atoms with Crippen LogP contribution in [0.1, 0.15) is 12.0 Å². The van der Waals surface area contributed by atoms with E-state index >= 15 is 0 Å². The van der Waals surface area contributed by atoms with E-state index in [0.717, 1.165) is 27.7 Å². The lowest BCUT2D eigenvalue weighted by molar-refractivity contribution is 0.217. The molecule has 0 saturated carbocycles. The Labute approximate surface area is 169 Å². The third-order valence-electron chi connectivity index (χ3n) is 4.45. The Kier molecular flexibility index (Phi) is 6.69. The van der Waals surface area contributed by atoms with Gasteiger partial charge in [-0.2, -0.15) is 9.41 Å². The zero-order valence-corrected chi connectivity index (χ0v) is 16.8. The molecule has 0 amide bonds. The van der Waals surface area contributed by atoms with E-state index < -0.39 is 10.0 Å². The molecule has 0 aromatic heterocycles. The van der Waals surface area contributed by atoms with Crippen LogP contribution in [0.25, 0.3) is 0 Å². The number of aliphatic hydroxyl groups excluding tert-OH is 2. The molecule has 1 heterocycles. The predicted octanol–water partition coefficient (Wildman–Crippen LogP) is 1.93. The van der Waals surface area contributed by atoms with Crippen LogP contribution in [0.5, 0.6) is 0 Å². The molecule has 0 fully saturated rings. The molecule has 7 nitrogen and oxygen atoms in total. The number of sulfonamides is 1. The van der Waals surface area contributed by atoms with Crippen molar-refractivity contribution in [1.29, 1.82) is 0 Å². The van der Waals surface area contributed by atoms with E-state index in [9.17, 15) is 8.42 Å². The quantitative estimate of drug-likeness (QED) is 0.676. The summed E-state index contributed by atoms with van der Waals surface area (Å²) in [6.07, 6.45) is 0.780. The summed E-state index contributed by atoms with van der Waals surface area (Å²) >= 11 is 5.93. The second-order valence-corrected chi connectivity index (χ2v) is 8.65. The number of halogens is 1. The third-order valence-corrected chi connectivity index (χ3v) is 6.62. The van der Waals surface area contributed by atoms with Crippen molar-refractivity contribution in [2.24, 2.45) is 5.10 Å². The highest BCUT2D eigenvalue weighted by molar-refractivity contribution is 7.89. The number of benzene rings is 2. The van der Waals surface area contributed by atoms with Crippen molar-refractivity contribution >= 4 is 33.0 Å². The van der Waals surface area contributed by atoms with Crippen LogP contribution < -0.4 is 5.01 Å². The Balaban J connectivity index is 1.78. The monoisotopic (exact) mass is 423 g/mol. The molecule has 0 atom stereocenters. The molecule has 0 bridgehead atoms. The largest absolute Gasteiger partial charge is 0.395 e. The van der Waals surface area contributed by atoms with Gasteiger partial charge in [-0.3, -0.25) is 5.01 Å². The molecule has 1 aliphatic rings. The highest BCUT2D eigenvalue weighted by atomic mass is 35.5. The maximum absolute atomic E-state index is 12.7. The molecule has 0 saturated heterocycles. The van der Waals surface area contributed by atoms with Gasteiger partial charge in [0.25, 0.3) is 0 Å². The Morgan fingerprint density at radius 3 is 2.18 bits per heavy atom. The molecule has 150 valence electrons. The van der Waals surface area contributed by atoms with E-state index in [1.54, 1.807) is 12.1 Å². The van der Waals surface area contributed by atoms with Crippen LogP contribution in [-0.4, -0.2) is 61.5 Å². The summed E-state index contributed by atoms with van der Waals surface area (Å²) in [7, 11) is -3.78. The number of hydrogen-bond acceptors (Lipinski definition) is 6. The average Bonchev–Trinajstić information content (AvgIpc) is 3.19. The highest BCUT2D eigenvalue weighted by Gasteiger charge is 2.24. The highest BCUT2D eigenvalue weighted by Crippen LogP contribution is 2.25. The average molecular weight is 424 g/mol. The van der Waals surface area contributed by atoms with Crippen molar-refractivity contribution in [2.45, 2.75) is 11.3 Å². The van der Waals surface area contributed by atoms with Gasteiger partial charge in [-0.25, -0.2) is 8.42 Å². The summed E-state index contributed by atoms with van der Waals surface area (Å²) in [5.41, 5.74) is 2.75. The standard InChI is InChI=1S/C19H22ClN3O4S/c20-16-3-1-15(2-4-16)19-9-10-23(21-19)17-5-7-18(8-6-17)28(26,27)22(11-13-24)12-14-25/h1-8,24-25H,9-14H2. The van der Waals surface area contributed by atoms with Gasteiger partial charge in [0, 0.05) is 31.1 Å². The number of anilines is 1. The number of aliphatic hydroxyl groups is 2. The first-order valence-electron chi connectivity index (χ1n) is 8.88. The van der Waals surface area contributed by atoms with Crippen molar-refractivity contribution in [1.82, 2.24) is 4.31 Å². The van der Waals surface area contributed by atoms with Crippen LogP contribution in [0.4, 0.5) is 5.69 Å². The molecule has 0 spiro atoms. The molecule has 2 aromatic carbocycles. The van der Waals surface area contributed by atoms with Crippen LogP contribution in [-0.2, 0) is 10.0 Å². The Hall–Kier alpha value is -1.97. The summed E-state index contributed by atoms with van der Waals surface area (Å²) < 4.78 is 26.4. The number of hydrazone groups is 1. The second kappa shape index (κ2) is 9.02. The van der Waals surface area contributed by atoms with E-state index in [1.807, 2.05) is 29.3 Å². The molecule has 9 heteroatoms. The summed E-state index contributed by atoms with van der Waals surface area (Å²) in [4.78, 5) is 0.110. The second-order valence-electron chi connectivity index (χ2n) is 6.27. The van der Waals surface area contributed by atoms with Gasteiger partial charge in [-0.15, -0.1) is 0 Å². The third kappa shape index (κ3) is 4.53. The van der Waals surface area contributed by atoms with Crippen molar-refractivity contribution in [2.75, 3.05) is 37.9 Å². The van der Waals surface area contributed by atoms with Crippen LogP contribution in [0.2, 0.25) is 5.02 Å². The van der Waals surface area contributed by atoms with Gasteiger partial charge >= 0.3 is 0 Å². The van der Waals surface area contributed by atoms with Gasteiger partial charge in [0.15, 0.2) is 0 Å². The number of rotatable bonds is 8. The van der Waals surface area contributed by atoms with Crippen molar-refractivity contribution < 1.29 is 18.6 Å². The molecular weight excluding hydrogens is 402 g/mol. The molecule has 28 heavy (non-hydrogen) atoms. The first kappa shape index (κ1) is 20.8. The molecule has 2 N–H and O–H groups in total. The van der Waals surface area contributed by atoms with E-state index in [1.165, 1.54) is 12.1 Å². The van der Waals surface area contributed by atoms with Crippen LogP contribution in [0, 0.1) is 0 Å². The lowest BCUT2D eigenvalue weighted by atomic mass is 10.1. The van der Waals surface area contributed by atoms with Gasteiger partial charge in [0.1, 0.15) is 0 Å². The zero-order chi connectivity index (χ0) is 20.1. The topological polar surface area (TPSA) is 93.4 Å². The van der Waals surface area contributed by atoms with E-state index in [0.29, 0.717) is 11.6 Å². The minimum Gasteiger partial charge on any atom is -0.395 e. The number of nitrogens with zero attached hydrogens (tertiary/aromatic N) is 3. The van der Waals surface area contributed by atoms with Gasteiger partial charge in [-0.05, 0) is 42.0 Å². The molecule has 0 aliphatic carbocycles. The molecular formula is C19H22ClN3O4S. The number of hydrogen-bond donors (Lipinski definition) is 2. The first-order chi connectivity index (χ1) is 13.5. The fourth-order valence-electron chi connectivity index (χ4n) is 3.00. The molecule has 0 radical (unpaired) electrons. The Morgan fingerprint density at radius 2 is 1.61 bits per heavy atom. The van der Waals surface area contributed by atoms with Crippen LogP contribution >= 0.6 is 11.6 Å². The van der Waals surface area contributed by atoms with Gasteiger partial charge < -0.3 is 10.2 Å². The van der Waals surface area contributed by atoms with E-state index in [4.69, 9.17) is 21.8 Å². The molecule has 0 unspecified atom stereocenters. The van der Waals surface area contributed by atoms with Crippen LogP contribution in [0.15, 0.2) is 58.5 Å². The normalized spacial score (nSPS) is 14.6. The maximum Gasteiger partial charge on any atom is 0.243 e. The minimum absolute atomic E-state index is 0.0640. The van der Waals surface area contributed by atoms with E-state index in [2.05, 4.69) is 5.10 Å².